The minimum Gasteiger partial charge on any atom is -0.480 e. The minimum absolute atomic E-state index is 0.367. The molecule has 0 saturated carbocycles. The van der Waals surface area contributed by atoms with Crippen molar-refractivity contribution in [2.24, 2.45) is 5.73 Å². The molecule has 1 aromatic heterocycles. The highest BCUT2D eigenvalue weighted by molar-refractivity contribution is 7.98. The van der Waals surface area contributed by atoms with Crippen molar-refractivity contribution >= 4 is 17.7 Å². The summed E-state index contributed by atoms with van der Waals surface area (Å²) in [5.41, 5.74) is 8.93. The summed E-state index contributed by atoms with van der Waals surface area (Å²) in [5, 5.41) is 8.74. The van der Waals surface area contributed by atoms with Gasteiger partial charge in [-0.2, -0.15) is 11.8 Å². The average Bonchev–Trinajstić information content (AvgIpc) is 2.66. The van der Waals surface area contributed by atoms with Crippen molar-refractivity contribution in [3.8, 4) is 0 Å². The molecule has 2 rings (SSSR count). The van der Waals surface area contributed by atoms with E-state index in [1.165, 1.54) is 11.1 Å². The summed E-state index contributed by atoms with van der Waals surface area (Å²) in [6.07, 6.45) is 3.95. The molecule has 80 valence electrons. The van der Waals surface area contributed by atoms with Crippen LogP contribution in [0.3, 0.4) is 0 Å². The van der Waals surface area contributed by atoms with E-state index in [9.17, 15) is 4.79 Å². The number of nitrogens with two attached hydrogens (primary N) is 1. The predicted molar refractivity (Wildman–Crippen MR) is 58.6 cm³/mol. The molecular formula is C10H12N2O2S. The number of hydrogen-bond donors (Lipinski definition) is 2. The standard InChI is InChI=1S/C10H12N2O2S/c11-9(10(13)14)1-6-2-12-3-7-4-15-5-8(6)7/h2-3,9H,1,4-5,11H2,(H,13,14). The molecule has 15 heavy (non-hydrogen) atoms. The van der Waals surface area contributed by atoms with Gasteiger partial charge in [0.25, 0.3) is 0 Å². The molecule has 1 aliphatic heterocycles. The molecule has 0 radical (unpaired) electrons. The summed E-state index contributed by atoms with van der Waals surface area (Å²) in [4.78, 5) is 14.8. The van der Waals surface area contributed by atoms with Crippen LogP contribution in [0.4, 0.5) is 0 Å². The van der Waals surface area contributed by atoms with Crippen LogP contribution in [0.2, 0.25) is 0 Å². The molecule has 0 amide bonds. The first-order chi connectivity index (χ1) is 7.18. The lowest BCUT2D eigenvalue weighted by Gasteiger charge is -2.09. The van der Waals surface area contributed by atoms with Gasteiger partial charge in [-0.05, 0) is 16.7 Å². The minimum atomic E-state index is -0.960. The van der Waals surface area contributed by atoms with E-state index in [2.05, 4.69) is 4.98 Å². The summed E-state index contributed by atoms with van der Waals surface area (Å²) in [6.45, 7) is 0. The van der Waals surface area contributed by atoms with Gasteiger partial charge in [0.1, 0.15) is 6.04 Å². The lowest BCUT2D eigenvalue weighted by Crippen LogP contribution is -2.32. The van der Waals surface area contributed by atoms with Gasteiger partial charge in [-0.3, -0.25) is 9.78 Å². The summed E-state index contributed by atoms with van der Waals surface area (Å²) in [7, 11) is 0. The molecule has 5 heteroatoms. The SMILES string of the molecule is NC(Cc1cncc2c1CSC2)C(=O)O. The van der Waals surface area contributed by atoms with Crippen molar-refractivity contribution in [1.29, 1.82) is 0 Å². The number of aromatic nitrogens is 1. The molecule has 1 unspecified atom stereocenters. The topological polar surface area (TPSA) is 76.2 Å². The highest BCUT2D eigenvalue weighted by Crippen LogP contribution is 2.31. The first-order valence-corrected chi connectivity index (χ1v) is 5.84. The number of pyridine rings is 1. The molecule has 0 fully saturated rings. The van der Waals surface area contributed by atoms with Crippen LogP contribution in [-0.4, -0.2) is 22.1 Å². The number of carboxylic acids is 1. The van der Waals surface area contributed by atoms with E-state index in [1.807, 2.05) is 18.0 Å². The van der Waals surface area contributed by atoms with Crippen molar-refractivity contribution in [3.05, 3.63) is 29.1 Å². The largest absolute Gasteiger partial charge is 0.480 e. The Morgan fingerprint density at radius 3 is 3.13 bits per heavy atom. The van der Waals surface area contributed by atoms with Crippen LogP contribution in [0.5, 0.6) is 0 Å². The third-order valence-corrected chi connectivity index (χ3v) is 3.50. The summed E-state index contributed by atoms with van der Waals surface area (Å²) >= 11 is 1.82. The van der Waals surface area contributed by atoms with Crippen LogP contribution in [0.1, 0.15) is 16.7 Å². The fraction of sp³-hybridized carbons (Fsp3) is 0.400. The molecule has 0 aromatic carbocycles. The maximum absolute atomic E-state index is 10.7. The normalized spacial score (nSPS) is 16.1. The zero-order chi connectivity index (χ0) is 10.8. The third kappa shape index (κ3) is 2.13. The molecule has 4 nitrogen and oxygen atoms in total. The van der Waals surface area contributed by atoms with Crippen molar-refractivity contribution < 1.29 is 9.90 Å². The van der Waals surface area contributed by atoms with E-state index in [-0.39, 0.29) is 0 Å². The maximum atomic E-state index is 10.7. The van der Waals surface area contributed by atoms with Gasteiger partial charge in [-0.25, -0.2) is 0 Å². The number of carbonyl (C=O) groups is 1. The number of thioether (sulfide) groups is 1. The molecule has 0 saturated heterocycles. The molecule has 0 bridgehead atoms. The van der Waals surface area contributed by atoms with Gasteiger partial charge in [0.05, 0.1) is 0 Å². The zero-order valence-corrected chi connectivity index (χ0v) is 8.96. The van der Waals surface area contributed by atoms with Crippen LogP contribution < -0.4 is 5.73 Å². The average molecular weight is 224 g/mol. The molecule has 3 N–H and O–H groups in total. The Bertz CT molecular complexity index is 395. The van der Waals surface area contributed by atoms with Crippen LogP contribution in [0.25, 0.3) is 0 Å². The predicted octanol–water partition coefficient (Wildman–Crippen LogP) is 0.783. The van der Waals surface area contributed by atoms with E-state index < -0.39 is 12.0 Å². The van der Waals surface area contributed by atoms with Gasteiger partial charge in [-0.1, -0.05) is 0 Å². The van der Waals surface area contributed by atoms with Crippen molar-refractivity contribution in [1.82, 2.24) is 4.98 Å². The Kier molecular flexibility index (Phi) is 2.93. The van der Waals surface area contributed by atoms with Crippen molar-refractivity contribution in [2.45, 2.75) is 24.0 Å². The number of fused-ring (bicyclic) bond motifs is 1. The molecule has 1 aromatic rings. The van der Waals surface area contributed by atoms with E-state index in [1.54, 1.807) is 6.20 Å². The number of rotatable bonds is 3. The number of nitrogens with zero attached hydrogens (tertiary/aromatic N) is 1. The second-order valence-electron chi connectivity index (χ2n) is 3.58. The van der Waals surface area contributed by atoms with Gasteiger partial charge in [0, 0.05) is 30.3 Å². The van der Waals surface area contributed by atoms with Crippen molar-refractivity contribution in [3.63, 3.8) is 0 Å². The zero-order valence-electron chi connectivity index (χ0n) is 8.14. The van der Waals surface area contributed by atoms with E-state index >= 15 is 0 Å². The van der Waals surface area contributed by atoms with Gasteiger partial charge in [0.2, 0.25) is 0 Å². The molecule has 2 heterocycles. The first kappa shape index (κ1) is 10.4. The van der Waals surface area contributed by atoms with Gasteiger partial charge in [0.15, 0.2) is 0 Å². The summed E-state index contributed by atoms with van der Waals surface area (Å²) in [5.74, 6) is 0.955. The quantitative estimate of drug-likeness (QED) is 0.793. The summed E-state index contributed by atoms with van der Waals surface area (Å²) in [6, 6.07) is -0.830. The van der Waals surface area contributed by atoms with E-state index in [4.69, 9.17) is 10.8 Å². The Labute approximate surface area is 91.9 Å². The smallest absolute Gasteiger partial charge is 0.320 e. The highest BCUT2D eigenvalue weighted by Gasteiger charge is 2.19. The molecular weight excluding hydrogens is 212 g/mol. The second-order valence-corrected chi connectivity index (χ2v) is 4.56. The van der Waals surface area contributed by atoms with Crippen LogP contribution in [-0.2, 0) is 22.7 Å². The number of carboxylic acid groups (broad SMARTS) is 1. The second kappa shape index (κ2) is 4.20. The van der Waals surface area contributed by atoms with Gasteiger partial charge >= 0.3 is 5.97 Å². The molecule has 0 aliphatic carbocycles. The van der Waals surface area contributed by atoms with E-state index in [0.717, 1.165) is 17.1 Å². The Morgan fingerprint density at radius 2 is 2.40 bits per heavy atom. The van der Waals surface area contributed by atoms with Crippen molar-refractivity contribution in [2.75, 3.05) is 0 Å². The number of aliphatic carboxylic acids is 1. The fourth-order valence-electron chi connectivity index (χ4n) is 1.65. The molecule has 0 spiro atoms. The van der Waals surface area contributed by atoms with Crippen LogP contribution >= 0.6 is 11.8 Å². The number of hydrogen-bond acceptors (Lipinski definition) is 4. The lowest BCUT2D eigenvalue weighted by atomic mass is 10.0. The Hall–Kier alpha value is -1.07. The first-order valence-electron chi connectivity index (χ1n) is 4.69. The summed E-state index contributed by atoms with van der Waals surface area (Å²) < 4.78 is 0. The van der Waals surface area contributed by atoms with Gasteiger partial charge in [-0.15, -0.1) is 0 Å². The monoisotopic (exact) mass is 224 g/mol. The molecule has 1 atom stereocenters. The van der Waals surface area contributed by atoms with Crippen LogP contribution in [0, 0.1) is 0 Å². The van der Waals surface area contributed by atoms with Gasteiger partial charge < -0.3 is 10.8 Å². The van der Waals surface area contributed by atoms with Crippen LogP contribution in [0.15, 0.2) is 12.4 Å². The fourth-order valence-corrected chi connectivity index (χ4v) is 2.80. The molecule has 1 aliphatic rings. The lowest BCUT2D eigenvalue weighted by molar-refractivity contribution is -0.138. The highest BCUT2D eigenvalue weighted by atomic mass is 32.2. The van der Waals surface area contributed by atoms with E-state index in [0.29, 0.717) is 6.42 Å². The Balaban J connectivity index is 2.22. The maximum Gasteiger partial charge on any atom is 0.320 e. The third-order valence-electron chi connectivity index (χ3n) is 2.50. The Morgan fingerprint density at radius 1 is 1.60 bits per heavy atom.